The van der Waals surface area contributed by atoms with Crippen molar-refractivity contribution in [1.29, 1.82) is 0 Å². The lowest BCUT2D eigenvalue weighted by Crippen LogP contribution is -1.99. The van der Waals surface area contributed by atoms with Gasteiger partial charge in [-0.2, -0.15) is 0 Å². The zero-order chi connectivity index (χ0) is 12.7. The highest BCUT2D eigenvalue weighted by Gasteiger charge is 2.23. The molecule has 96 valence electrons. The van der Waals surface area contributed by atoms with E-state index in [1.807, 2.05) is 12.1 Å². The molecule has 0 radical (unpaired) electrons. The monoisotopic (exact) mass is 321 g/mol. The Morgan fingerprint density at radius 1 is 1.29 bits per heavy atom. The minimum Gasteiger partial charge on any atom is -0.309 e. The Balaban J connectivity index is 2.75. The molecule has 0 unspecified atom stereocenters. The van der Waals surface area contributed by atoms with E-state index >= 15 is 0 Å². The van der Waals surface area contributed by atoms with Gasteiger partial charge in [0.1, 0.15) is 0 Å². The summed E-state index contributed by atoms with van der Waals surface area (Å²) in [5, 5.41) is 0.710. The molecule has 0 saturated heterocycles. The van der Waals surface area contributed by atoms with Gasteiger partial charge in [-0.1, -0.05) is 22.0 Å². The van der Waals surface area contributed by atoms with Gasteiger partial charge in [0.05, 0.1) is 25.1 Å². The van der Waals surface area contributed by atoms with Crippen molar-refractivity contribution in [1.82, 2.24) is 4.98 Å². The number of nitrogens with zero attached hydrogens (tertiary/aromatic N) is 1. The van der Waals surface area contributed by atoms with Crippen LogP contribution in [0.3, 0.4) is 0 Å². The fourth-order valence-corrected chi connectivity index (χ4v) is 3.38. The number of hydrogen-bond donors (Lipinski definition) is 0. The van der Waals surface area contributed by atoms with E-state index in [2.05, 4.69) is 20.9 Å². The van der Waals surface area contributed by atoms with Crippen molar-refractivity contribution < 1.29 is 13.6 Å². The molecule has 17 heavy (non-hydrogen) atoms. The van der Waals surface area contributed by atoms with Crippen LogP contribution >= 0.6 is 23.5 Å². The molecule has 0 saturated carbocycles. The summed E-state index contributed by atoms with van der Waals surface area (Å²) in [4.78, 5) is 4.22. The van der Waals surface area contributed by atoms with E-state index in [9.17, 15) is 4.57 Å². The molecule has 1 aromatic heterocycles. The largest absolute Gasteiger partial charge is 0.335 e. The van der Waals surface area contributed by atoms with Gasteiger partial charge in [-0.05, 0) is 25.5 Å². The van der Waals surface area contributed by atoms with E-state index in [4.69, 9.17) is 9.05 Å². The van der Waals surface area contributed by atoms with E-state index in [-0.39, 0.29) is 6.16 Å². The highest BCUT2D eigenvalue weighted by molar-refractivity contribution is 9.08. The van der Waals surface area contributed by atoms with Crippen molar-refractivity contribution in [2.75, 3.05) is 13.2 Å². The summed E-state index contributed by atoms with van der Waals surface area (Å²) in [6.45, 7) is 4.37. The van der Waals surface area contributed by atoms with Crippen LogP contribution < -0.4 is 0 Å². The number of pyridine rings is 1. The van der Waals surface area contributed by atoms with Crippen LogP contribution in [0.5, 0.6) is 0 Å². The summed E-state index contributed by atoms with van der Waals surface area (Å²) in [7, 11) is -3.02. The summed E-state index contributed by atoms with van der Waals surface area (Å²) in [5.74, 6) is 0. The lowest BCUT2D eigenvalue weighted by Gasteiger charge is -2.16. The van der Waals surface area contributed by atoms with Crippen LogP contribution in [0.1, 0.15) is 25.1 Å². The summed E-state index contributed by atoms with van der Waals surface area (Å²) >= 11 is 3.33. The summed E-state index contributed by atoms with van der Waals surface area (Å²) < 4.78 is 22.7. The van der Waals surface area contributed by atoms with E-state index in [1.165, 1.54) is 0 Å². The van der Waals surface area contributed by atoms with Crippen molar-refractivity contribution in [2.45, 2.75) is 25.3 Å². The van der Waals surface area contributed by atoms with Crippen molar-refractivity contribution in [3.63, 3.8) is 0 Å². The number of hydrogen-bond acceptors (Lipinski definition) is 4. The molecule has 1 aromatic rings. The summed E-state index contributed by atoms with van der Waals surface area (Å²) in [6, 6.07) is 3.79. The van der Waals surface area contributed by atoms with Crippen LogP contribution in [0.25, 0.3) is 0 Å². The summed E-state index contributed by atoms with van der Waals surface area (Å²) in [6.07, 6.45) is 1.98. The van der Waals surface area contributed by atoms with Gasteiger partial charge >= 0.3 is 7.60 Å². The van der Waals surface area contributed by atoms with E-state index < -0.39 is 7.60 Å². The van der Waals surface area contributed by atoms with E-state index in [1.54, 1.807) is 20.0 Å². The predicted molar refractivity (Wildman–Crippen MR) is 71.4 cm³/mol. The van der Waals surface area contributed by atoms with Crippen LogP contribution in [0.2, 0.25) is 0 Å². The Bertz CT molecular complexity index is 373. The number of halogens is 1. The first kappa shape index (κ1) is 14.8. The van der Waals surface area contributed by atoms with Gasteiger partial charge in [-0.25, -0.2) is 0 Å². The molecule has 1 rings (SSSR count). The zero-order valence-corrected chi connectivity index (χ0v) is 12.5. The van der Waals surface area contributed by atoms with Gasteiger partial charge in [0.25, 0.3) is 0 Å². The van der Waals surface area contributed by atoms with Crippen LogP contribution in [0.15, 0.2) is 18.3 Å². The molecular formula is C11H17BrNO3P. The molecule has 0 aliphatic rings. The first-order chi connectivity index (χ1) is 8.13. The predicted octanol–water partition coefficient (Wildman–Crippen LogP) is 3.74. The third-order valence-corrected chi connectivity index (χ3v) is 4.68. The average Bonchev–Trinajstić information content (AvgIpc) is 2.30. The third-order valence-electron chi connectivity index (χ3n) is 2.05. The molecule has 0 spiro atoms. The van der Waals surface area contributed by atoms with Crippen molar-refractivity contribution in [3.05, 3.63) is 29.6 Å². The van der Waals surface area contributed by atoms with Gasteiger partial charge in [-0.15, -0.1) is 0 Å². The minimum absolute atomic E-state index is 0.268. The maximum Gasteiger partial charge on any atom is 0.335 e. The second kappa shape index (κ2) is 7.27. The first-order valence-corrected chi connectivity index (χ1v) is 8.36. The highest BCUT2D eigenvalue weighted by atomic mass is 79.9. The maximum atomic E-state index is 12.3. The summed E-state index contributed by atoms with van der Waals surface area (Å²) in [5.41, 5.74) is 1.80. The topological polar surface area (TPSA) is 48.4 Å². The Morgan fingerprint density at radius 3 is 2.35 bits per heavy atom. The molecule has 0 aromatic carbocycles. The fourth-order valence-electron chi connectivity index (χ4n) is 1.37. The molecule has 0 N–H and O–H groups in total. The van der Waals surface area contributed by atoms with Crippen LogP contribution in [-0.2, 0) is 25.1 Å². The number of rotatable bonds is 7. The molecule has 1 heterocycles. The standard InChI is InChI=1S/C11H17BrNO3P/c1-3-15-17(14,16-4-2)9-10-5-6-11(7-12)13-8-10/h5-6,8H,3-4,7,9H2,1-2H3. The van der Waals surface area contributed by atoms with Gasteiger partial charge in [0.15, 0.2) is 0 Å². The Hall–Kier alpha value is -0.220. The Morgan fingerprint density at radius 2 is 1.94 bits per heavy atom. The molecule has 0 atom stereocenters. The van der Waals surface area contributed by atoms with Crippen LogP contribution in [-0.4, -0.2) is 18.2 Å². The molecule has 0 aliphatic carbocycles. The minimum atomic E-state index is -3.02. The third kappa shape index (κ3) is 4.88. The average molecular weight is 322 g/mol. The molecular weight excluding hydrogens is 305 g/mol. The van der Waals surface area contributed by atoms with Crippen molar-refractivity contribution >= 4 is 23.5 Å². The maximum absolute atomic E-state index is 12.3. The van der Waals surface area contributed by atoms with Gasteiger partial charge in [0, 0.05) is 11.5 Å². The van der Waals surface area contributed by atoms with Crippen molar-refractivity contribution in [3.8, 4) is 0 Å². The number of aromatic nitrogens is 1. The molecule has 0 bridgehead atoms. The Labute approximate surface area is 110 Å². The van der Waals surface area contributed by atoms with Crippen molar-refractivity contribution in [2.24, 2.45) is 0 Å². The van der Waals surface area contributed by atoms with E-state index in [0.29, 0.717) is 18.5 Å². The SMILES string of the molecule is CCOP(=O)(Cc1ccc(CBr)nc1)OCC. The Kier molecular flexibility index (Phi) is 6.34. The quantitative estimate of drug-likeness (QED) is 0.567. The molecule has 0 fully saturated rings. The lowest BCUT2D eigenvalue weighted by molar-refractivity contribution is 0.219. The van der Waals surface area contributed by atoms with Crippen LogP contribution in [0, 0.1) is 0 Å². The number of alkyl halides is 1. The second-order valence-electron chi connectivity index (χ2n) is 3.40. The molecule has 6 heteroatoms. The second-order valence-corrected chi connectivity index (χ2v) is 6.01. The smallest absolute Gasteiger partial charge is 0.309 e. The fraction of sp³-hybridized carbons (Fsp3) is 0.545. The van der Waals surface area contributed by atoms with E-state index in [0.717, 1.165) is 11.3 Å². The van der Waals surface area contributed by atoms with Gasteiger partial charge in [-0.3, -0.25) is 9.55 Å². The lowest BCUT2D eigenvalue weighted by atomic mass is 10.3. The molecule has 0 aliphatic heterocycles. The zero-order valence-electron chi connectivity index (χ0n) is 10.1. The molecule has 0 amide bonds. The highest BCUT2D eigenvalue weighted by Crippen LogP contribution is 2.51. The van der Waals surface area contributed by atoms with Gasteiger partial charge < -0.3 is 9.05 Å². The van der Waals surface area contributed by atoms with Crippen LogP contribution in [0.4, 0.5) is 0 Å². The normalized spacial score (nSPS) is 11.7. The van der Waals surface area contributed by atoms with Gasteiger partial charge in [0.2, 0.25) is 0 Å². The first-order valence-electron chi connectivity index (χ1n) is 5.51. The molecule has 4 nitrogen and oxygen atoms in total.